The molecule has 2 nitrogen and oxygen atoms in total. The molecule has 0 bridgehead atoms. The summed E-state index contributed by atoms with van der Waals surface area (Å²) in [6.07, 6.45) is -15.8. The monoisotopic (exact) mass is 599 g/mol. The summed E-state index contributed by atoms with van der Waals surface area (Å²) in [6, 6.07) is -8.10. The van der Waals surface area contributed by atoms with Gasteiger partial charge in [-0.3, -0.25) is 4.79 Å². The summed E-state index contributed by atoms with van der Waals surface area (Å²) < 4.78 is 292. The van der Waals surface area contributed by atoms with Gasteiger partial charge >= 0.3 is 65.8 Å². The van der Waals surface area contributed by atoms with E-state index in [1.807, 2.05) is 0 Å². The van der Waals surface area contributed by atoms with Crippen molar-refractivity contribution in [3.05, 3.63) is 0 Å². The minimum atomic E-state index is -9.12. The SMILES string of the molecule is O=C(N(F)C(F)(F)C(F)(F)C(F)(F)F)C(F)(F)C(F)(F)C(F)(F)C(F)(F)C(F)(F)C(F)(F)C(F)(F)F. The van der Waals surface area contributed by atoms with Gasteiger partial charge in [0.05, 0.1) is 0 Å². The number of halogens is 23. The zero-order chi connectivity index (χ0) is 30.2. The molecule has 0 N–H and O–H groups in total. The molecule has 216 valence electrons. The van der Waals surface area contributed by atoms with Crippen LogP contribution in [-0.2, 0) is 4.79 Å². The molecule has 0 fully saturated rings. The number of nitrogens with zero attached hydrogens (tertiary/aromatic N) is 1. The van der Waals surface area contributed by atoms with E-state index >= 15 is 0 Å². The lowest BCUT2D eigenvalue weighted by Crippen LogP contribution is -2.74. The third-order valence-corrected chi connectivity index (χ3v) is 3.75. The van der Waals surface area contributed by atoms with Crippen molar-refractivity contribution >= 4 is 5.91 Å². The molecule has 0 aliphatic carbocycles. The number of alkyl halides is 22. The van der Waals surface area contributed by atoms with Gasteiger partial charge in [-0.05, 0) is 0 Å². The van der Waals surface area contributed by atoms with Crippen LogP contribution in [0.2, 0.25) is 0 Å². The van der Waals surface area contributed by atoms with E-state index in [-0.39, 0.29) is 0 Å². The molecule has 0 rings (SSSR count). The van der Waals surface area contributed by atoms with Crippen LogP contribution in [0.25, 0.3) is 0 Å². The van der Waals surface area contributed by atoms with Crippen LogP contribution < -0.4 is 0 Å². The topological polar surface area (TPSA) is 20.3 Å². The van der Waals surface area contributed by atoms with Crippen molar-refractivity contribution in [1.82, 2.24) is 5.12 Å². The summed E-state index contributed by atoms with van der Waals surface area (Å²) in [4.78, 5) is 10.7. The normalized spacial score (nSPS) is 16.3. The Kier molecular flexibility index (Phi) is 7.69. The Hall–Kier alpha value is -2.14. The highest BCUT2D eigenvalue weighted by atomic mass is 19.4. The summed E-state index contributed by atoms with van der Waals surface area (Å²) in [6.45, 7) is 0. The Labute approximate surface area is 178 Å². The van der Waals surface area contributed by atoms with Crippen LogP contribution in [0.1, 0.15) is 0 Å². The van der Waals surface area contributed by atoms with Gasteiger partial charge in [0.25, 0.3) is 0 Å². The van der Waals surface area contributed by atoms with Crippen molar-refractivity contribution in [3.8, 4) is 0 Å². The lowest BCUT2D eigenvalue weighted by atomic mass is 9.90. The molecule has 0 atom stereocenters. The van der Waals surface area contributed by atoms with Crippen molar-refractivity contribution < 1.29 is 106 Å². The molecule has 0 aliphatic heterocycles. The number of carbonyl (C=O) groups excluding carboxylic acids is 1. The largest absolute Gasteiger partial charge is 0.462 e. The van der Waals surface area contributed by atoms with Gasteiger partial charge in [0.15, 0.2) is 0 Å². The summed E-state index contributed by atoms with van der Waals surface area (Å²) in [7, 11) is 0. The van der Waals surface area contributed by atoms with Crippen LogP contribution >= 0.6 is 0 Å². The van der Waals surface area contributed by atoms with Crippen molar-refractivity contribution in [3.63, 3.8) is 0 Å². The molecule has 0 heterocycles. The Morgan fingerprint density at radius 1 is 0.389 bits per heavy atom. The molecule has 0 saturated carbocycles. The molecule has 0 saturated heterocycles. The second-order valence-electron chi connectivity index (χ2n) is 6.14. The molecule has 0 aromatic heterocycles. The minimum Gasteiger partial charge on any atom is -0.265 e. The van der Waals surface area contributed by atoms with E-state index in [1.54, 1.807) is 0 Å². The highest BCUT2D eigenvalue weighted by molar-refractivity contribution is 5.84. The van der Waals surface area contributed by atoms with Crippen LogP contribution in [-0.4, -0.2) is 70.9 Å². The maximum Gasteiger partial charge on any atom is 0.462 e. The molecule has 25 heteroatoms. The zero-order valence-corrected chi connectivity index (χ0v) is 15.0. The van der Waals surface area contributed by atoms with E-state index in [2.05, 4.69) is 0 Å². The summed E-state index contributed by atoms with van der Waals surface area (Å²) >= 11 is 0. The Morgan fingerprint density at radius 3 is 0.917 bits per heavy atom. The molecular weight excluding hydrogens is 599 g/mol. The molecule has 0 unspecified atom stereocenters. The first kappa shape index (κ1) is 33.9. The standard InChI is InChI=1S/C11F23NO/c12-2(13,1(36)35(34)11(32,33)8(24,25)10(29,30)31)3(14,15)4(16,17)5(18,19)6(20,21)7(22,23)9(26,27)28. The van der Waals surface area contributed by atoms with Gasteiger partial charge in [0, 0.05) is 0 Å². The van der Waals surface area contributed by atoms with Crippen LogP contribution in [0.15, 0.2) is 0 Å². The van der Waals surface area contributed by atoms with E-state index in [9.17, 15) is 106 Å². The third kappa shape index (κ3) is 4.12. The first-order chi connectivity index (χ1) is 15.1. The Balaban J connectivity index is 6.85. The number of carbonyl (C=O) groups is 1. The number of amides is 1. The van der Waals surface area contributed by atoms with Gasteiger partial charge in [-0.15, -0.1) is 0 Å². The number of rotatable bonds is 8. The second-order valence-corrected chi connectivity index (χ2v) is 6.14. The van der Waals surface area contributed by atoms with Gasteiger partial charge in [0.2, 0.25) is 0 Å². The van der Waals surface area contributed by atoms with Crippen LogP contribution in [0.5, 0.6) is 0 Å². The highest BCUT2D eigenvalue weighted by Crippen LogP contribution is 2.63. The zero-order valence-electron chi connectivity index (χ0n) is 15.0. The Bertz CT molecular complexity index is 832. The summed E-state index contributed by atoms with van der Waals surface area (Å²) in [5.74, 6) is -66.9. The lowest BCUT2D eigenvalue weighted by molar-refractivity contribution is -0.451. The average Bonchev–Trinajstić information content (AvgIpc) is 2.63. The van der Waals surface area contributed by atoms with Crippen LogP contribution in [0.3, 0.4) is 0 Å². The maximum atomic E-state index is 13.3. The molecule has 0 aliphatic rings. The van der Waals surface area contributed by atoms with E-state index < -0.39 is 70.9 Å². The van der Waals surface area contributed by atoms with Crippen molar-refractivity contribution in [2.45, 2.75) is 59.9 Å². The fraction of sp³-hybridized carbons (Fsp3) is 0.909. The van der Waals surface area contributed by atoms with Gasteiger partial charge < -0.3 is 0 Å². The van der Waals surface area contributed by atoms with Crippen LogP contribution in [0.4, 0.5) is 101 Å². The smallest absolute Gasteiger partial charge is 0.265 e. The predicted octanol–water partition coefficient (Wildman–Crippen LogP) is 6.86. The van der Waals surface area contributed by atoms with Gasteiger partial charge in [-0.25, -0.2) is 0 Å². The predicted molar refractivity (Wildman–Crippen MR) is 59.6 cm³/mol. The maximum absolute atomic E-state index is 13.3. The first-order valence-corrected chi connectivity index (χ1v) is 7.23. The summed E-state index contributed by atoms with van der Waals surface area (Å²) in [5.41, 5.74) is 0. The van der Waals surface area contributed by atoms with Gasteiger partial charge in [0.1, 0.15) is 0 Å². The number of hydrogen-bond acceptors (Lipinski definition) is 1. The molecule has 36 heavy (non-hydrogen) atoms. The molecule has 0 aromatic rings. The Morgan fingerprint density at radius 2 is 0.639 bits per heavy atom. The molecule has 0 spiro atoms. The van der Waals surface area contributed by atoms with E-state index in [0.29, 0.717) is 0 Å². The van der Waals surface area contributed by atoms with Crippen molar-refractivity contribution in [2.75, 3.05) is 0 Å². The van der Waals surface area contributed by atoms with Crippen LogP contribution in [0, 0.1) is 0 Å². The van der Waals surface area contributed by atoms with E-state index in [4.69, 9.17) is 0 Å². The van der Waals surface area contributed by atoms with Crippen molar-refractivity contribution in [1.29, 1.82) is 0 Å². The minimum absolute atomic E-state index is 4.56. The molecule has 0 radical (unpaired) electrons. The van der Waals surface area contributed by atoms with Gasteiger partial charge in [-0.1, -0.05) is 9.60 Å². The summed E-state index contributed by atoms with van der Waals surface area (Å²) in [5, 5.41) is -4.56. The van der Waals surface area contributed by atoms with Gasteiger partial charge in [-0.2, -0.15) is 96.6 Å². The van der Waals surface area contributed by atoms with E-state index in [1.165, 1.54) is 0 Å². The van der Waals surface area contributed by atoms with Crippen molar-refractivity contribution in [2.24, 2.45) is 0 Å². The second kappa shape index (κ2) is 8.18. The first-order valence-electron chi connectivity index (χ1n) is 7.23. The van der Waals surface area contributed by atoms with E-state index in [0.717, 1.165) is 0 Å². The molecule has 1 amide bonds. The fourth-order valence-electron chi connectivity index (χ4n) is 1.65. The quantitative estimate of drug-likeness (QED) is 0.170. The molecule has 0 aromatic carbocycles. The highest BCUT2D eigenvalue weighted by Gasteiger charge is 2.94. The lowest BCUT2D eigenvalue weighted by Gasteiger charge is -2.41. The third-order valence-electron chi connectivity index (χ3n) is 3.75. The average molecular weight is 599 g/mol. The fourth-order valence-corrected chi connectivity index (χ4v) is 1.65. The molecular formula is C11F23NO. The number of hydrogen-bond donors (Lipinski definition) is 0.